The lowest BCUT2D eigenvalue weighted by Crippen LogP contribution is -2.12. The first kappa shape index (κ1) is 35.1. The monoisotopic (exact) mass is 548 g/mol. The summed E-state index contributed by atoms with van der Waals surface area (Å²) in [4.78, 5) is 11.7. The van der Waals surface area contributed by atoms with Crippen molar-refractivity contribution in [3.63, 3.8) is 0 Å². The van der Waals surface area contributed by atoms with Crippen LogP contribution in [0.25, 0.3) is 0 Å². The molecule has 0 amide bonds. The van der Waals surface area contributed by atoms with Gasteiger partial charge in [-0.15, -0.1) is 0 Å². The first-order valence-corrected chi connectivity index (χ1v) is 16.4. The summed E-state index contributed by atoms with van der Waals surface area (Å²) in [5.41, 5.74) is 3.14. The number of phenols is 1. The lowest BCUT2D eigenvalue weighted by Gasteiger charge is -2.24. The van der Waals surface area contributed by atoms with Gasteiger partial charge in [-0.2, -0.15) is 0 Å². The smallest absolute Gasteiger partial charge is 0.504 e. The summed E-state index contributed by atoms with van der Waals surface area (Å²) < 4.78 is 11.6. The second-order valence-electron chi connectivity index (χ2n) is 11.2. The maximum absolute atomic E-state index is 11.7. The molecule has 226 valence electrons. The minimum absolute atomic E-state index is 0.0127. The molecule has 0 radical (unpaired) electrons. The number of unbranched alkanes of at least 4 members (excludes halogenated alkanes) is 15. The lowest BCUT2D eigenvalue weighted by molar-refractivity contribution is 0.140. The third-order valence-electron chi connectivity index (χ3n) is 7.73. The molecule has 1 aromatic carbocycles. The fourth-order valence-electron chi connectivity index (χ4n) is 5.43. The average molecular weight is 549 g/mol. The van der Waals surface area contributed by atoms with Crippen LogP contribution < -0.4 is 9.47 Å². The maximum atomic E-state index is 11.7. The van der Waals surface area contributed by atoms with E-state index in [4.69, 9.17) is 9.47 Å². The highest BCUT2D eigenvalue weighted by Crippen LogP contribution is 2.47. The van der Waals surface area contributed by atoms with Gasteiger partial charge in [0.05, 0.1) is 6.61 Å². The van der Waals surface area contributed by atoms with Crippen molar-refractivity contribution < 1.29 is 24.5 Å². The predicted octanol–water partition coefficient (Wildman–Crippen LogP) is 10.9. The SMILES string of the molecule is CCCCCCCCCOc1c(CCCCCC)c(CCCCCC)c(CCCCCC)c(O)c1OC(=O)O. The Bertz CT molecular complexity index is 774. The standard InChI is InChI=1S/C34H60O5/c1-5-9-13-17-18-19-23-27-38-32-30(26-22-16-12-8-4)28(24-20-14-10-6-2)29(25-21-15-11-7-3)31(35)33(32)39-34(36)37/h35H,5-27H2,1-4H3,(H,36,37). The van der Waals surface area contributed by atoms with Gasteiger partial charge >= 0.3 is 6.16 Å². The van der Waals surface area contributed by atoms with E-state index in [0.717, 1.165) is 101 Å². The Labute approximate surface area is 240 Å². The Morgan fingerprint density at radius 2 is 0.949 bits per heavy atom. The Hall–Kier alpha value is -1.91. The highest BCUT2D eigenvalue weighted by Gasteiger charge is 2.27. The quantitative estimate of drug-likeness (QED) is 0.0722. The number of ether oxygens (including phenoxy) is 2. The highest BCUT2D eigenvalue weighted by molar-refractivity contribution is 5.70. The third kappa shape index (κ3) is 14.3. The summed E-state index contributed by atoms with van der Waals surface area (Å²) in [6, 6.07) is 0. The van der Waals surface area contributed by atoms with E-state index in [9.17, 15) is 15.0 Å². The van der Waals surface area contributed by atoms with E-state index < -0.39 is 6.16 Å². The van der Waals surface area contributed by atoms with Gasteiger partial charge in [0.15, 0.2) is 11.5 Å². The maximum Gasteiger partial charge on any atom is 0.511 e. The van der Waals surface area contributed by atoms with Gasteiger partial charge in [-0.3, -0.25) is 0 Å². The number of phenolic OH excluding ortho intramolecular Hbond substituents is 1. The zero-order valence-electron chi connectivity index (χ0n) is 25.9. The Morgan fingerprint density at radius 1 is 0.538 bits per heavy atom. The normalized spacial score (nSPS) is 11.2. The van der Waals surface area contributed by atoms with Gasteiger partial charge in [-0.05, 0) is 50.5 Å². The molecule has 0 saturated heterocycles. The molecule has 0 aliphatic rings. The van der Waals surface area contributed by atoms with Gasteiger partial charge < -0.3 is 19.7 Å². The van der Waals surface area contributed by atoms with Crippen molar-refractivity contribution in [2.45, 2.75) is 169 Å². The molecule has 39 heavy (non-hydrogen) atoms. The molecule has 0 spiro atoms. The summed E-state index contributed by atoms with van der Waals surface area (Å²) in [5, 5.41) is 21.0. The van der Waals surface area contributed by atoms with E-state index in [1.165, 1.54) is 56.9 Å². The van der Waals surface area contributed by atoms with E-state index in [2.05, 4.69) is 27.7 Å². The Kier molecular flexibility index (Phi) is 20.6. The predicted molar refractivity (Wildman–Crippen MR) is 164 cm³/mol. The molecule has 0 aromatic heterocycles. The van der Waals surface area contributed by atoms with Gasteiger partial charge in [-0.25, -0.2) is 4.79 Å². The van der Waals surface area contributed by atoms with Crippen molar-refractivity contribution in [3.8, 4) is 17.2 Å². The molecule has 5 nitrogen and oxygen atoms in total. The molecular formula is C34H60O5. The number of carboxylic acid groups (broad SMARTS) is 1. The molecule has 2 N–H and O–H groups in total. The first-order chi connectivity index (χ1) is 19.0. The highest BCUT2D eigenvalue weighted by atomic mass is 16.7. The van der Waals surface area contributed by atoms with Gasteiger partial charge in [0.25, 0.3) is 0 Å². The first-order valence-electron chi connectivity index (χ1n) is 16.4. The number of rotatable bonds is 25. The molecule has 0 saturated carbocycles. The number of hydrogen-bond acceptors (Lipinski definition) is 4. The Balaban J connectivity index is 3.35. The molecule has 0 bridgehead atoms. The minimum Gasteiger partial charge on any atom is -0.504 e. The van der Waals surface area contributed by atoms with Crippen LogP contribution in [0.1, 0.15) is 166 Å². The van der Waals surface area contributed by atoms with Crippen LogP contribution in [-0.2, 0) is 19.3 Å². The van der Waals surface area contributed by atoms with Crippen LogP contribution in [0.4, 0.5) is 4.79 Å². The number of aromatic hydroxyl groups is 1. The van der Waals surface area contributed by atoms with Crippen LogP contribution >= 0.6 is 0 Å². The number of hydrogen-bond donors (Lipinski definition) is 2. The van der Waals surface area contributed by atoms with Crippen molar-refractivity contribution in [2.75, 3.05) is 6.61 Å². The number of benzene rings is 1. The summed E-state index contributed by atoms with van der Waals surface area (Å²) in [6.45, 7) is 9.37. The molecule has 0 aliphatic carbocycles. The van der Waals surface area contributed by atoms with Crippen molar-refractivity contribution in [2.24, 2.45) is 0 Å². The summed E-state index contributed by atoms with van der Waals surface area (Å²) in [5.74, 6) is 0.463. The van der Waals surface area contributed by atoms with Crippen LogP contribution in [0.5, 0.6) is 17.2 Å². The van der Waals surface area contributed by atoms with Crippen LogP contribution in [0.2, 0.25) is 0 Å². The Morgan fingerprint density at radius 3 is 1.44 bits per heavy atom. The van der Waals surface area contributed by atoms with Gasteiger partial charge in [0.1, 0.15) is 0 Å². The number of carbonyl (C=O) groups is 1. The van der Waals surface area contributed by atoms with Crippen molar-refractivity contribution >= 4 is 6.16 Å². The fraction of sp³-hybridized carbons (Fsp3) is 0.794. The molecule has 1 rings (SSSR count). The average Bonchev–Trinajstić information content (AvgIpc) is 2.92. The zero-order chi connectivity index (χ0) is 28.7. The van der Waals surface area contributed by atoms with Crippen LogP contribution in [0.15, 0.2) is 0 Å². The summed E-state index contributed by atoms with van der Waals surface area (Å²) in [6.07, 6.45) is 22.8. The van der Waals surface area contributed by atoms with Gasteiger partial charge in [0.2, 0.25) is 5.75 Å². The van der Waals surface area contributed by atoms with Gasteiger partial charge in [-0.1, -0.05) is 124 Å². The minimum atomic E-state index is -1.41. The molecule has 0 heterocycles. The molecule has 5 heteroatoms. The zero-order valence-corrected chi connectivity index (χ0v) is 25.9. The van der Waals surface area contributed by atoms with E-state index >= 15 is 0 Å². The van der Waals surface area contributed by atoms with Gasteiger partial charge in [0, 0.05) is 11.1 Å². The van der Waals surface area contributed by atoms with Crippen LogP contribution in [0.3, 0.4) is 0 Å². The molecule has 0 unspecified atom stereocenters. The van der Waals surface area contributed by atoms with E-state index in [1.807, 2.05) is 0 Å². The van der Waals surface area contributed by atoms with Crippen LogP contribution in [0, 0.1) is 0 Å². The lowest BCUT2D eigenvalue weighted by atomic mass is 9.88. The topological polar surface area (TPSA) is 76.0 Å². The van der Waals surface area contributed by atoms with Crippen LogP contribution in [-0.4, -0.2) is 23.0 Å². The third-order valence-corrected chi connectivity index (χ3v) is 7.73. The fourth-order valence-corrected chi connectivity index (χ4v) is 5.43. The molecule has 0 atom stereocenters. The second-order valence-corrected chi connectivity index (χ2v) is 11.2. The largest absolute Gasteiger partial charge is 0.511 e. The van der Waals surface area contributed by atoms with Crippen molar-refractivity contribution in [1.82, 2.24) is 0 Å². The molecule has 0 aliphatic heterocycles. The van der Waals surface area contributed by atoms with E-state index in [1.54, 1.807) is 0 Å². The molecular weight excluding hydrogens is 488 g/mol. The van der Waals surface area contributed by atoms with Crippen molar-refractivity contribution in [1.29, 1.82) is 0 Å². The second kappa shape index (κ2) is 22.9. The van der Waals surface area contributed by atoms with E-state index in [0.29, 0.717) is 12.4 Å². The van der Waals surface area contributed by atoms with Crippen molar-refractivity contribution in [3.05, 3.63) is 16.7 Å². The molecule has 1 aromatic rings. The molecule has 0 fully saturated rings. The summed E-state index contributed by atoms with van der Waals surface area (Å²) in [7, 11) is 0. The van der Waals surface area contributed by atoms with E-state index in [-0.39, 0.29) is 11.5 Å². The summed E-state index contributed by atoms with van der Waals surface area (Å²) >= 11 is 0.